The molecule has 0 saturated carbocycles. The summed E-state index contributed by atoms with van der Waals surface area (Å²) in [5.41, 5.74) is 12.3. The van der Waals surface area contributed by atoms with Crippen LogP contribution in [0.15, 0.2) is 97.1 Å². The molecule has 158 valence electrons. The molecule has 0 heteroatoms. The molecule has 0 spiro atoms. The van der Waals surface area contributed by atoms with Crippen molar-refractivity contribution in [3.63, 3.8) is 0 Å². The summed E-state index contributed by atoms with van der Waals surface area (Å²) in [4.78, 5) is 0. The molecule has 0 nitrogen and oxygen atoms in total. The topological polar surface area (TPSA) is 0 Å². The summed E-state index contributed by atoms with van der Waals surface area (Å²) in [5, 5.41) is 0. The fourth-order valence-corrected chi connectivity index (χ4v) is 6.20. The van der Waals surface area contributed by atoms with Crippen LogP contribution < -0.4 is 0 Å². The van der Waals surface area contributed by atoms with E-state index in [2.05, 4.69) is 97.1 Å². The van der Waals surface area contributed by atoms with Crippen LogP contribution in [0.4, 0.5) is 0 Å². The van der Waals surface area contributed by atoms with Gasteiger partial charge in [0.25, 0.3) is 0 Å². The fraction of sp³-hybridized carbons (Fsp3) is 0.250. The van der Waals surface area contributed by atoms with Gasteiger partial charge in [-0.05, 0) is 70.2 Å². The summed E-state index contributed by atoms with van der Waals surface area (Å²) >= 11 is 0. The van der Waals surface area contributed by atoms with E-state index in [0.29, 0.717) is 11.8 Å². The van der Waals surface area contributed by atoms with E-state index in [1.165, 1.54) is 47.9 Å². The summed E-state index contributed by atoms with van der Waals surface area (Å²) in [6.45, 7) is 0. The second-order valence-corrected chi connectivity index (χ2v) is 9.54. The molecule has 0 fully saturated rings. The van der Waals surface area contributed by atoms with E-state index in [1.54, 1.807) is 22.3 Å². The minimum absolute atomic E-state index is 0.544. The zero-order chi connectivity index (χ0) is 21.3. The zero-order valence-electron chi connectivity index (χ0n) is 18.6. The summed E-state index contributed by atoms with van der Waals surface area (Å²) < 4.78 is 0. The first-order chi connectivity index (χ1) is 15.9. The van der Waals surface area contributed by atoms with Gasteiger partial charge >= 0.3 is 0 Å². The Kier molecular flexibility index (Phi) is 5.15. The lowest BCUT2D eigenvalue weighted by atomic mass is 9.74. The average molecular weight is 415 g/mol. The van der Waals surface area contributed by atoms with Gasteiger partial charge in [0.1, 0.15) is 0 Å². The summed E-state index contributed by atoms with van der Waals surface area (Å²) in [6, 6.07) is 36.4. The molecule has 0 saturated heterocycles. The Morgan fingerprint density at radius 1 is 0.406 bits per heavy atom. The van der Waals surface area contributed by atoms with Crippen LogP contribution in [0.2, 0.25) is 0 Å². The van der Waals surface area contributed by atoms with Crippen LogP contribution in [0.3, 0.4) is 0 Å². The lowest BCUT2D eigenvalue weighted by Crippen LogP contribution is -2.15. The molecule has 0 amide bonds. The third kappa shape index (κ3) is 3.48. The molecule has 0 aliphatic heterocycles. The fourth-order valence-electron chi connectivity index (χ4n) is 6.20. The second-order valence-electron chi connectivity index (χ2n) is 9.54. The molecule has 0 N–H and O–H groups in total. The highest BCUT2D eigenvalue weighted by Gasteiger charge is 2.26. The Balaban J connectivity index is 1.21. The summed E-state index contributed by atoms with van der Waals surface area (Å²) in [7, 11) is 0. The van der Waals surface area contributed by atoms with Crippen LogP contribution in [0.1, 0.15) is 82.0 Å². The van der Waals surface area contributed by atoms with Crippen LogP contribution >= 0.6 is 0 Å². The predicted molar refractivity (Wildman–Crippen MR) is 134 cm³/mol. The van der Waals surface area contributed by atoms with Crippen LogP contribution in [0.5, 0.6) is 0 Å². The van der Waals surface area contributed by atoms with Crippen molar-refractivity contribution < 1.29 is 0 Å². The zero-order valence-corrected chi connectivity index (χ0v) is 18.6. The molecule has 0 atom stereocenters. The Morgan fingerprint density at radius 3 is 1.00 bits per heavy atom. The standard InChI is InChI=1S/C32H30/c1-5-15-27-23(11-1)21-24-12-2-6-16-28(24)31(27)19-9-10-20-32-29-17-7-3-13-25(29)22-26-14-4-8-18-30(26)32/h1-8,11-18,31-32H,9-10,19-22H2. The first-order valence-corrected chi connectivity index (χ1v) is 12.2. The van der Waals surface area contributed by atoms with E-state index in [0.717, 1.165) is 12.8 Å². The van der Waals surface area contributed by atoms with Crippen molar-refractivity contribution in [1.29, 1.82) is 0 Å². The van der Waals surface area contributed by atoms with E-state index in [-0.39, 0.29) is 0 Å². The number of unbranched alkanes of at least 4 members (excludes halogenated alkanes) is 1. The normalized spacial score (nSPS) is 14.9. The Bertz CT molecular complexity index is 1060. The first kappa shape index (κ1) is 19.6. The third-order valence-electron chi connectivity index (χ3n) is 7.72. The van der Waals surface area contributed by atoms with Crippen molar-refractivity contribution in [1.82, 2.24) is 0 Å². The maximum Gasteiger partial charge on any atom is 0.00950 e. The van der Waals surface area contributed by atoms with Gasteiger partial charge in [-0.2, -0.15) is 0 Å². The second kappa shape index (κ2) is 8.43. The van der Waals surface area contributed by atoms with Crippen molar-refractivity contribution in [3.8, 4) is 0 Å². The molecule has 2 aliphatic rings. The number of fused-ring (bicyclic) bond motifs is 4. The van der Waals surface area contributed by atoms with Gasteiger partial charge in [0.05, 0.1) is 0 Å². The smallest absolute Gasteiger partial charge is 0.00950 e. The summed E-state index contributed by atoms with van der Waals surface area (Å²) in [6.07, 6.45) is 7.19. The van der Waals surface area contributed by atoms with Gasteiger partial charge in [-0.15, -0.1) is 0 Å². The quantitative estimate of drug-likeness (QED) is 0.290. The highest BCUT2D eigenvalue weighted by molar-refractivity contribution is 5.50. The van der Waals surface area contributed by atoms with Crippen LogP contribution in [-0.4, -0.2) is 0 Å². The van der Waals surface area contributed by atoms with E-state index in [1.807, 2.05) is 0 Å². The molecule has 2 aliphatic carbocycles. The molecule has 0 bridgehead atoms. The highest BCUT2D eigenvalue weighted by atomic mass is 14.3. The molecule has 0 heterocycles. The van der Waals surface area contributed by atoms with Crippen molar-refractivity contribution >= 4 is 0 Å². The molecular weight excluding hydrogens is 384 g/mol. The monoisotopic (exact) mass is 414 g/mol. The molecule has 0 radical (unpaired) electrons. The maximum absolute atomic E-state index is 2.36. The van der Waals surface area contributed by atoms with Gasteiger partial charge < -0.3 is 0 Å². The lowest BCUT2D eigenvalue weighted by molar-refractivity contribution is 0.563. The van der Waals surface area contributed by atoms with Gasteiger partial charge in [-0.3, -0.25) is 0 Å². The van der Waals surface area contributed by atoms with Crippen LogP contribution in [0.25, 0.3) is 0 Å². The average Bonchev–Trinajstić information content (AvgIpc) is 2.85. The largest absolute Gasteiger partial charge is 0.0620 e. The predicted octanol–water partition coefficient (Wildman–Crippen LogP) is 8.02. The number of benzene rings is 4. The van der Waals surface area contributed by atoms with E-state index < -0.39 is 0 Å². The SMILES string of the molecule is c1ccc2c(c1)Cc1ccccc1C2CCCCC1c2ccccc2Cc2ccccc21. The molecule has 4 aromatic rings. The molecule has 0 aromatic heterocycles. The number of rotatable bonds is 5. The van der Waals surface area contributed by atoms with Crippen LogP contribution in [-0.2, 0) is 12.8 Å². The highest BCUT2D eigenvalue weighted by Crippen LogP contribution is 2.42. The Hall–Kier alpha value is -3.12. The molecular formula is C32H30. The van der Waals surface area contributed by atoms with Gasteiger partial charge in [0.2, 0.25) is 0 Å². The molecule has 6 rings (SSSR count). The van der Waals surface area contributed by atoms with E-state index in [4.69, 9.17) is 0 Å². The van der Waals surface area contributed by atoms with E-state index >= 15 is 0 Å². The number of hydrogen-bond acceptors (Lipinski definition) is 0. The summed E-state index contributed by atoms with van der Waals surface area (Å²) in [5.74, 6) is 1.09. The lowest BCUT2D eigenvalue weighted by Gasteiger charge is -2.30. The van der Waals surface area contributed by atoms with Crippen molar-refractivity contribution in [3.05, 3.63) is 142 Å². The Labute approximate surface area is 192 Å². The van der Waals surface area contributed by atoms with Crippen molar-refractivity contribution in [2.75, 3.05) is 0 Å². The van der Waals surface area contributed by atoms with E-state index in [9.17, 15) is 0 Å². The molecule has 4 aromatic carbocycles. The first-order valence-electron chi connectivity index (χ1n) is 12.2. The van der Waals surface area contributed by atoms with Gasteiger partial charge in [0.15, 0.2) is 0 Å². The Morgan fingerprint density at radius 2 is 0.688 bits per heavy atom. The third-order valence-corrected chi connectivity index (χ3v) is 7.72. The number of hydrogen-bond donors (Lipinski definition) is 0. The minimum Gasteiger partial charge on any atom is -0.0620 e. The van der Waals surface area contributed by atoms with Crippen molar-refractivity contribution in [2.24, 2.45) is 0 Å². The molecule has 0 unspecified atom stereocenters. The molecule has 32 heavy (non-hydrogen) atoms. The van der Waals surface area contributed by atoms with Crippen molar-refractivity contribution in [2.45, 2.75) is 50.4 Å². The van der Waals surface area contributed by atoms with Gasteiger partial charge in [-0.25, -0.2) is 0 Å². The minimum atomic E-state index is 0.544. The van der Waals surface area contributed by atoms with Gasteiger partial charge in [-0.1, -0.05) is 110 Å². The van der Waals surface area contributed by atoms with Crippen LogP contribution in [0, 0.1) is 0 Å². The van der Waals surface area contributed by atoms with Gasteiger partial charge in [0, 0.05) is 11.8 Å². The maximum atomic E-state index is 2.36.